The van der Waals surface area contributed by atoms with Gasteiger partial charge in [0.25, 0.3) is 0 Å². The Kier molecular flexibility index (Phi) is 11.5. The summed E-state index contributed by atoms with van der Waals surface area (Å²) in [5.74, 6) is -2.11. The fourth-order valence-electron chi connectivity index (χ4n) is 6.30. The van der Waals surface area contributed by atoms with Gasteiger partial charge in [-0.25, -0.2) is 9.59 Å². The second-order valence-corrected chi connectivity index (χ2v) is 12.7. The smallest absolute Gasteiger partial charge is 0.416 e. The number of nitrogens with zero attached hydrogens (tertiary/aromatic N) is 1. The van der Waals surface area contributed by atoms with E-state index in [1.54, 1.807) is 12.1 Å². The van der Waals surface area contributed by atoms with Crippen LogP contribution in [0.2, 0.25) is 0 Å². The normalized spacial score (nSPS) is 14.1. The molecule has 0 heterocycles. The summed E-state index contributed by atoms with van der Waals surface area (Å²) in [6.45, 7) is -2.77. The molecule has 0 spiro atoms. The molecule has 4 aromatic carbocycles. The first kappa shape index (κ1) is 40.9. The Morgan fingerprint density at radius 1 is 0.636 bits per heavy atom. The zero-order valence-corrected chi connectivity index (χ0v) is 27.9. The molecule has 0 aliphatic heterocycles. The van der Waals surface area contributed by atoms with Crippen molar-refractivity contribution in [3.63, 3.8) is 0 Å². The maximum atomic E-state index is 13.6. The third-order valence-corrected chi connectivity index (χ3v) is 8.78. The lowest BCUT2D eigenvalue weighted by atomic mass is 9.98. The number of carbonyl (C=O) groups is 2. The van der Waals surface area contributed by atoms with E-state index in [1.165, 1.54) is 0 Å². The van der Waals surface area contributed by atoms with Crippen LogP contribution in [0.15, 0.2) is 84.9 Å². The van der Waals surface area contributed by atoms with Gasteiger partial charge in [-0.1, -0.05) is 48.5 Å². The van der Waals surface area contributed by atoms with E-state index in [-0.39, 0.29) is 18.7 Å². The molecule has 4 aromatic rings. The number of nitrogens with one attached hydrogen (secondary N) is 1. The van der Waals surface area contributed by atoms with Crippen LogP contribution in [0.3, 0.4) is 0 Å². The van der Waals surface area contributed by atoms with E-state index in [4.69, 9.17) is 4.74 Å². The number of carbonyl (C=O) groups excluding carboxylic acids is 1. The van der Waals surface area contributed by atoms with Crippen molar-refractivity contribution in [2.75, 3.05) is 13.2 Å². The Bertz CT molecular complexity index is 1850. The molecule has 1 aliphatic rings. The molecule has 0 unspecified atom stereocenters. The van der Waals surface area contributed by atoms with E-state index in [0.717, 1.165) is 27.2 Å². The Morgan fingerprint density at radius 2 is 1.02 bits per heavy atom. The lowest BCUT2D eigenvalue weighted by Gasteiger charge is -2.26. The van der Waals surface area contributed by atoms with Gasteiger partial charge in [0.05, 0.1) is 22.3 Å². The molecular formula is C37H28F12N2O4. The number of hydrogen-bond acceptors (Lipinski definition) is 4. The molecule has 1 amide bonds. The molecule has 294 valence electrons. The number of amides is 1. The van der Waals surface area contributed by atoms with Crippen molar-refractivity contribution in [2.24, 2.45) is 0 Å². The van der Waals surface area contributed by atoms with Crippen molar-refractivity contribution in [3.05, 3.63) is 129 Å². The van der Waals surface area contributed by atoms with Crippen LogP contribution in [0.25, 0.3) is 11.1 Å². The molecule has 0 fully saturated rings. The number of carboxylic acids is 1. The van der Waals surface area contributed by atoms with Gasteiger partial charge in [0, 0.05) is 25.6 Å². The quantitative estimate of drug-likeness (QED) is 0.148. The van der Waals surface area contributed by atoms with Gasteiger partial charge < -0.3 is 15.2 Å². The molecule has 5 rings (SSSR count). The average molecular weight is 793 g/mol. The average Bonchev–Trinajstić information content (AvgIpc) is 3.40. The summed E-state index contributed by atoms with van der Waals surface area (Å²) in [6.07, 6.45) is -23.0. The number of halogens is 12. The summed E-state index contributed by atoms with van der Waals surface area (Å²) < 4.78 is 168. The van der Waals surface area contributed by atoms with E-state index in [2.05, 4.69) is 5.32 Å². The molecule has 1 aliphatic carbocycles. The number of rotatable bonds is 11. The summed E-state index contributed by atoms with van der Waals surface area (Å²) in [5, 5.41) is 12.0. The highest BCUT2D eigenvalue weighted by Gasteiger charge is 2.39. The fourth-order valence-corrected chi connectivity index (χ4v) is 6.30. The maximum Gasteiger partial charge on any atom is 0.416 e. The molecule has 18 heteroatoms. The van der Waals surface area contributed by atoms with E-state index in [9.17, 15) is 67.4 Å². The number of aliphatic carboxylic acids is 1. The minimum atomic E-state index is -5.29. The monoisotopic (exact) mass is 792 g/mol. The first-order valence-corrected chi connectivity index (χ1v) is 16.1. The second kappa shape index (κ2) is 15.5. The minimum Gasteiger partial charge on any atom is -0.480 e. The van der Waals surface area contributed by atoms with Crippen LogP contribution < -0.4 is 5.32 Å². The van der Waals surface area contributed by atoms with Crippen LogP contribution in [0.1, 0.15) is 56.8 Å². The van der Waals surface area contributed by atoms with Crippen LogP contribution >= 0.6 is 0 Å². The van der Waals surface area contributed by atoms with Crippen molar-refractivity contribution in [2.45, 2.75) is 56.2 Å². The molecule has 2 N–H and O–H groups in total. The van der Waals surface area contributed by atoms with Crippen molar-refractivity contribution in [3.8, 4) is 11.1 Å². The zero-order chi connectivity index (χ0) is 40.5. The number of carboxylic acid groups (broad SMARTS) is 1. The van der Waals surface area contributed by atoms with Crippen LogP contribution in [0, 0.1) is 0 Å². The second-order valence-electron chi connectivity index (χ2n) is 12.7. The number of alkyl halides is 12. The van der Waals surface area contributed by atoms with Crippen LogP contribution in [-0.2, 0) is 47.3 Å². The molecule has 0 bridgehead atoms. The van der Waals surface area contributed by atoms with Crippen molar-refractivity contribution in [1.82, 2.24) is 10.2 Å². The first-order chi connectivity index (χ1) is 25.5. The van der Waals surface area contributed by atoms with Crippen LogP contribution in [-0.4, -0.2) is 41.3 Å². The topological polar surface area (TPSA) is 78.9 Å². The molecule has 0 aromatic heterocycles. The van der Waals surface area contributed by atoms with Crippen LogP contribution in [0.4, 0.5) is 57.5 Å². The van der Waals surface area contributed by atoms with Gasteiger partial charge in [-0.3, -0.25) is 4.90 Å². The standard InChI is InChI=1S/C37H28F12N2O4/c38-34(39,40)22-11-20(12-23(15-22)35(41,42)43)17-51(18-21-13-24(36(44,45)46)16-25(14-21)37(47,48)49)10-9-31(32(52)53)50-33(54)55-19-30-28-7-3-1-5-26(28)27-6-2-4-8-29(27)30/h1-8,11-16,30-31H,9-10,17-19H2,(H,50,54)(H,52,53)/t31-/m0/s1. The van der Waals surface area contributed by atoms with Crippen molar-refractivity contribution in [1.29, 1.82) is 0 Å². The number of alkyl carbamates (subject to hydrolysis) is 1. The minimum absolute atomic E-state index is 0.172. The summed E-state index contributed by atoms with van der Waals surface area (Å²) in [5.41, 5.74) is -4.91. The largest absolute Gasteiger partial charge is 0.480 e. The Balaban J connectivity index is 1.40. The number of fused-ring (bicyclic) bond motifs is 3. The number of ether oxygens (including phenoxy) is 1. The molecule has 6 nitrogen and oxygen atoms in total. The third-order valence-electron chi connectivity index (χ3n) is 8.78. The van der Waals surface area contributed by atoms with E-state index in [1.807, 2.05) is 36.4 Å². The molecule has 0 saturated carbocycles. The summed E-state index contributed by atoms with van der Waals surface area (Å²) >= 11 is 0. The van der Waals surface area contributed by atoms with Gasteiger partial charge >= 0.3 is 36.8 Å². The maximum absolute atomic E-state index is 13.6. The molecule has 0 saturated heterocycles. The summed E-state index contributed by atoms with van der Waals surface area (Å²) in [6, 6.07) is 13.7. The number of benzene rings is 4. The Hall–Kier alpha value is -5.26. The van der Waals surface area contributed by atoms with Crippen LogP contribution in [0.5, 0.6) is 0 Å². The highest BCUT2D eigenvalue weighted by molar-refractivity contribution is 5.81. The zero-order valence-electron chi connectivity index (χ0n) is 27.9. The van der Waals surface area contributed by atoms with Gasteiger partial charge in [0.1, 0.15) is 12.6 Å². The molecule has 1 atom stereocenters. The van der Waals surface area contributed by atoms with E-state index in [0.29, 0.717) is 24.3 Å². The lowest BCUT2D eigenvalue weighted by Crippen LogP contribution is -2.43. The molecular weight excluding hydrogens is 764 g/mol. The van der Waals surface area contributed by atoms with Gasteiger partial charge in [-0.2, -0.15) is 52.7 Å². The predicted octanol–water partition coefficient (Wildman–Crippen LogP) is 10.1. The highest BCUT2D eigenvalue weighted by atomic mass is 19.4. The van der Waals surface area contributed by atoms with Gasteiger partial charge in [-0.05, 0) is 76.2 Å². The van der Waals surface area contributed by atoms with Gasteiger partial charge in [0.2, 0.25) is 0 Å². The van der Waals surface area contributed by atoms with Gasteiger partial charge in [0.15, 0.2) is 0 Å². The summed E-state index contributed by atoms with van der Waals surface area (Å²) in [7, 11) is 0. The van der Waals surface area contributed by atoms with Gasteiger partial charge in [-0.15, -0.1) is 0 Å². The predicted molar refractivity (Wildman–Crippen MR) is 171 cm³/mol. The highest BCUT2D eigenvalue weighted by Crippen LogP contribution is 2.45. The Labute approximate surface area is 304 Å². The summed E-state index contributed by atoms with van der Waals surface area (Å²) in [4.78, 5) is 25.9. The van der Waals surface area contributed by atoms with E-state index < -0.39 is 108 Å². The third kappa shape index (κ3) is 10.1. The molecule has 0 radical (unpaired) electrons. The van der Waals surface area contributed by atoms with E-state index >= 15 is 0 Å². The Morgan fingerprint density at radius 3 is 1.38 bits per heavy atom. The number of hydrogen-bond donors (Lipinski definition) is 2. The fraction of sp³-hybridized carbons (Fsp3) is 0.297. The van der Waals surface area contributed by atoms with Crippen molar-refractivity contribution >= 4 is 12.1 Å². The molecule has 55 heavy (non-hydrogen) atoms. The van der Waals surface area contributed by atoms with Crippen molar-refractivity contribution < 1.29 is 72.1 Å². The first-order valence-electron chi connectivity index (χ1n) is 16.1. The SMILES string of the molecule is O=C(N[C@@H](CCN(Cc1cc(C(F)(F)F)cc(C(F)(F)F)c1)Cc1cc(C(F)(F)F)cc(C(F)(F)F)c1)C(=O)O)OCC1c2ccccc2-c2ccccc21. The lowest BCUT2D eigenvalue weighted by molar-refractivity contribution is -0.144.